The zero-order valence-corrected chi connectivity index (χ0v) is 18.5. The van der Waals surface area contributed by atoms with Gasteiger partial charge in [0.25, 0.3) is 0 Å². The number of anilines is 1. The molecule has 0 saturated carbocycles. The number of pyridine rings is 1. The first-order chi connectivity index (χ1) is 15.1. The molecule has 2 aromatic carbocycles. The molecule has 0 N–H and O–H groups in total. The normalized spacial score (nSPS) is 11.8. The summed E-state index contributed by atoms with van der Waals surface area (Å²) >= 11 is 1.40. The fourth-order valence-corrected chi connectivity index (χ4v) is 4.27. The van der Waals surface area contributed by atoms with Crippen LogP contribution in [0.4, 0.5) is 5.69 Å². The minimum Gasteiger partial charge on any atom is -0.315 e. The maximum atomic E-state index is 13.1. The van der Waals surface area contributed by atoms with Gasteiger partial charge in [0.1, 0.15) is 0 Å². The van der Waals surface area contributed by atoms with E-state index in [1.54, 1.807) is 24.3 Å². The van der Waals surface area contributed by atoms with Gasteiger partial charge in [0.15, 0.2) is 11.0 Å². The molecule has 0 aliphatic carbocycles. The lowest BCUT2D eigenvalue weighted by Crippen LogP contribution is -2.33. The Hall–Kier alpha value is -3.45. The molecule has 0 aliphatic rings. The van der Waals surface area contributed by atoms with Crippen molar-refractivity contribution in [3.05, 3.63) is 84.7 Å². The first-order valence-corrected chi connectivity index (χ1v) is 10.9. The number of thioether (sulfide) groups is 1. The largest absolute Gasteiger partial charge is 0.315 e. The first kappa shape index (κ1) is 20.8. The summed E-state index contributed by atoms with van der Waals surface area (Å²) in [4.78, 5) is 19.0. The SMILES string of the molecule is Cc1ccccc1-n1c(S[C@@H](C)C(=O)N(C)c2ccccc2)nnc1-c1cccnc1. The smallest absolute Gasteiger partial charge is 0.240 e. The predicted octanol–water partition coefficient (Wildman–Crippen LogP) is 4.78. The van der Waals surface area contributed by atoms with Gasteiger partial charge in [-0.1, -0.05) is 48.2 Å². The summed E-state index contributed by atoms with van der Waals surface area (Å²) in [7, 11) is 1.79. The van der Waals surface area contributed by atoms with Crippen LogP contribution in [-0.2, 0) is 4.79 Å². The van der Waals surface area contributed by atoms with Gasteiger partial charge in [0, 0.05) is 30.7 Å². The highest BCUT2D eigenvalue weighted by molar-refractivity contribution is 8.00. The molecule has 2 heterocycles. The van der Waals surface area contributed by atoms with Crippen molar-refractivity contribution in [1.29, 1.82) is 0 Å². The molecule has 2 aromatic heterocycles. The second-order valence-corrected chi connectivity index (χ2v) is 8.47. The van der Waals surface area contributed by atoms with E-state index in [4.69, 9.17) is 0 Å². The lowest BCUT2D eigenvalue weighted by Gasteiger charge is -2.21. The summed E-state index contributed by atoms with van der Waals surface area (Å²) < 4.78 is 2.00. The summed E-state index contributed by atoms with van der Waals surface area (Å²) in [6.07, 6.45) is 3.50. The molecule has 156 valence electrons. The summed E-state index contributed by atoms with van der Waals surface area (Å²) in [5.74, 6) is 0.694. The lowest BCUT2D eigenvalue weighted by molar-refractivity contribution is -0.117. The minimum atomic E-state index is -0.348. The van der Waals surface area contributed by atoms with Crippen LogP contribution in [0.5, 0.6) is 0 Å². The number of nitrogens with zero attached hydrogens (tertiary/aromatic N) is 5. The van der Waals surface area contributed by atoms with Crippen molar-refractivity contribution in [2.24, 2.45) is 0 Å². The van der Waals surface area contributed by atoms with E-state index < -0.39 is 0 Å². The van der Waals surface area contributed by atoms with Crippen LogP contribution in [0.25, 0.3) is 17.1 Å². The number of hydrogen-bond donors (Lipinski definition) is 0. The Morgan fingerprint density at radius 1 is 1.00 bits per heavy atom. The van der Waals surface area contributed by atoms with Crippen LogP contribution < -0.4 is 4.90 Å². The van der Waals surface area contributed by atoms with Crippen molar-refractivity contribution in [3.8, 4) is 17.1 Å². The maximum Gasteiger partial charge on any atom is 0.240 e. The van der Waals surface area contributed by atoms with Crippen LogP contribution in [-0.4, -0.2) is 38.0 Å². The van der Waals surface area contributed by atoms with Crippen molar-refractivity contribution in [1.82, 2.24) is 19.7 Å². The molecule has 0 radical (unpaired) electrons. The van der Waals surface area contributed by atoms with Crippen LogP contribution >= 0.6 is 11.8 Å². The molecule has 1 amide bonds. The van der Waals surface area contributed by atoms with Crippen LogP contribution in [0, 0.1) is 6.92 Å². The molecular formula is C24H23N5OS. The predicted molar refractivity (Wildman–Crippen MR) is 124 cm³/mol. The number of carbonyl (C=O) groups excluding carboxylic acids is 1. The van der Waals surface area contributed by atoms with Crippen LogP contribution in [0.3, 0.4) is 0 Å². The number of rotatable bonds is 6. The molecule has 0 saturated heterocycles. The van der Waals surface area contributed by atoms with Gasteiger partial charge in [-0.15, -0.1) is 10.2 Å². The van der Waals surface area contributed by atoms with E-state index in [0.717, 1.165) is 22.5 Å². The number of carbonyl (C=O) groups is 1. The van der Waals surface area contributed by atoms with Gasteiger partial charge >= 0.3 is 0 Å². The van der Waals surface area contributed by atoms with Crippen LogP contribution in [0.15, 0.2) is 84.3 Å². The Labute approximate surface area is 186 Å². The third-order valence-electron chi connectivity index (χ3n) is 5.01. The molecule has 0 fully saturated rings. The molecule has 4 aromatic rings. The summed E-state index contributed by atoms with van der Waals surface area (Å²) in [5, 5.41) is 9.20. The molecule has 7 heteroatoms. The topological polar surface area (TPSA) is 63.9 Å². The summed E-state index contributed by atoms with van der Waals surface area (Å²) in [6.45, 7) is 3.95. The Morgan fingerprint density at radius 2 is 1.74 bits per heavy atom. The van der Waals surface area contributed by atoms with Gasteiger partial charge < -0.3 is 4.90 Å². The van der Waals surface area contributed by atoms with Gasteiger partial charge in [-0.3, -0.25) is 14.3 Å². The molecular weight excluding hydrogens is 406 g/mol. The number of aryl methyl sites for hydroxylation is 1. The van der Waals surface area contributed by atoms with Gasteiger partial charge in [0.05, 0.1) is 10.9 Å². The van der Waals surface area contributed by atoms with E-state index in [-0.39, 0.29) is 11.2 Å². The second-order valence-electron chi connectivity index (χ2n) is 7.16. The average Bonchev–Trinajstić information content (AvgIpc) is 3.22. The highest BCUT2D eigenvalue weighted by Gasteiger charge is 2.25. The number of hydrogen-bond acceptors (Lipinski definition) is 5. The summed E-state index contributed by atoms with van der Waals surface area (Å²) in [6, 6.07) is 21.5. The van der Waals surface area contributed by atoms with E-state index in [1.807, 2.05) is 72.2 Å². The number of benzene rings is 2. The Kier molecular flexibility index (Phi) is 6.13. The molecule has 0 aliphatic heterocycles. The first-order valence-electron chi connectivity index (χ1n) is 9.97. The monoisotopic (exact) mass is 429 g/mol. The minimum absolute atomic E-state index is 0.00142. The number of aromatic nitrogens is 4. The van der Waals surface area contributed by atoms with Gasteiger partial charge in [0.2, 0.25) is 5.91 Å². The van der Waals surface area contributed by atoms with Crippen molar-refractivity contribution in [3.63, 3.8) is 0 Å². The highest BCUT2D eigenvalue weighted by atomic mass is 32.2. The van der Waals surface area contributed by atoms with E-state index >= 15 is 0 Å². The maximum absolute atomic E-state index is 13.1. The standard InChI is InChI=1S/C24H23N5OS/c1-17-10-7-8-14-21(17)29-22(19-11-9-15-25-16-19)26-27-24(29)31-18(2)23(30)28(3)20-12-5-4-6-13-20/h4-16,18H,1-3H3/t18-/m0/s1. The third-order valence-corrected chi connectivity index (χ3v) is 6.04. The zero-order chi connectivity index (χ0) is 21.8. The molecule has 6 nitrogen and oxygen atoms in total. The summed E-state index contributed by atoms with van der Waals surface area (Å²) in [5.41, 5.74) is 3.79. The molecule has 0 bridgehead atoms. The van der Waals surface area contributed by atoms with Gasteiger partial charge in [-0.2, -0.15) is 0 Å². The Balaban J connectivity index is 1.69. The molecule has 4 rings (SSSR count). The fraction of sp³-hybridized carbons (Fsp3) is 0.167. The van der Waals surface area contributed by atoms with Crippen molar-refractivity contribution in [2.45, 2.75) is 24.3 Å². The van der Waals surface area contributed by atoms with E-state index in [0.29, 0.717) is 11.0 Å². The van der Waals surface area contributed by atoms with E-state index in [1.165, 1.54) is 11.8 Å². The zero-order valence-electron chi connectivity index (χ0n) is 17.6. The van der Waals surface area contributed by atoms with Crippen molar-refractivity contribution in [2.75, 3.05) is 11.9 Å². The van der Waals surface area contributed by atoms with E-state index in [9.17, 15) is 4.79 Å². The average molecular weight is 430 g/mol. The molecule has 0 spiro atoms. The highest BCUT2D eigenvalue weighted by Crippen LogP contribution is 2.32. The lowest BCUT2D eigenvalue weighted by atomic mass is 10.2. The Bertz CT molecular complexity index is 1180. The molecule has 0 unspecified atom stereocenters. The fourth-order valence-electron chi connectivity index (χ4n) is 3.32. The van der Waals surface area contributed by atoms with Crippen LogP contribution in [0.1, 0.15) is 12.5 Å². The quantitative estimate of drug-likeness (QED) is 0.413. The molecule has 1 atom stereocenters. The molecule has 31 heavy (non-hydrogen) atoms. The van der Waals surface area contributed by atoms with Gasteiger partial charge in [-0.05, 0) is 49.7 Å². The number of amides is 1. The van der Waals surface area contributed by atoms with E-state index in [2.05, 4.69) is 28.2 Å². The van der Waals surface area contributed by atoms with Gasteiger partial charge in [-0.25, -0.2) is 0 Å². The Morgan fingerprint density at radius 3 is 2.45 bits per heavy atom. The number of para-hydroxylation sites is 2. The van der Waals surface area contributed by atoms with Crippen molar-refractivity contribution < 1.29 is 4.79 Å². The van der Waals surface area contributed by atoms with Crippen LogP contribution in [0.2, 0.25) is 0 Å². The third kappa shape index (κ3) is 4.36. The second kappa shape index (κ2) is 9.14. The van der Waals surface area contributed by atoms with Crippen molar-refractivity contribution >= 4 is 23.4 Å².